The molecule has 0 aliphatic heterocycles. The number of halogens is 5. The highest BCUT2D eigenvalue weighted by Crippen LogP contribution is 2.31. The van der Waals surface area contributed by atoms with Crippen molar-refractivity contribution in [3.63, 3.8) is 0 Å². The van der Waals surface area contributed by atoms with E-state index >= 15 is 0 Å². The lowest BCUT2D eigenvalue weighted by Gasteiger charge is -2.21. The minimum atomic E-state index is -4.60. The quantitative estimate of drug-likeness (QED) is 0.307. The van der Waals surface area contributed by atoms with Crippen molar-refractivity contribution in [1.29, 1.82) is 0 Å². The molecule has 0 fully saturated rings. The van der Waals surface area contributed by atoms with E-state index in [9.17, 15) is 26.4 Å². The summed E-state index contributed by atoms with van der Waals surface area (Å²) in [5, 5.41) is 4.28. The van der Waals surface area contributed by atoms with Crippen molar-refractivity contribution in [2.45, 2.75) is 17.6 Å². The second-order valence-electron chi connectivity index (χ2n) is 7.24. The van der Waals surface area contributed by atoms with Gasteiger partial charge in [0.15, 0.2) is 0 Å². The van der Waals surface area contributed by atoms with E-state index in [0.29, 0.717) is 15.6 Å². The standard InChI is InChI=1S/C23H18Cl2F3N3O3S/c24-18-8-10-20(11-9-18)35(33,34)31(14-16-4-3-6-19(25)12-16)15-22(32)30-29-13-17-5-1-2-7-21(17)23(26,27)28/h1-13H,14-15H2,(H,30,32)/b29-13-. The normalized spacial score (nSPS) is 12.3. The van der Waals surface area contributed by atoms with Crippen molar-refractivity contribution in [2.75, 3.05) is 6.54 Å². The van der Waals surface area contributed by atoms with E-state index in [1.807, 2.05) is 0 Å². The number of amides is 1. The molecule has 184 valence electrons. The van der Waals surface area contributed by atoms with Gasteiger partial charge < -0.3 is 0 Å². The first-order valence-electron chi connectivity index (χ1n) is 9.95. The predicted molar refractivity (Wildman–Crippen MR) is 128 cm³/mol. The smallest absolute Gasteiger partial charge is 0.272 e. The van der Waals surface area contributed by atoms with E-state index < -0.39 is 34.2 Å². The van der Waals surface area contributed by atoms with Gasteiger partial charge in [0, 0.05) is 22.2 Å². The number of carbonyl (C=O) groups excluding carboxylic acids is 1. The van der Waals surface area contributed by atoms with Crippen LogP contribution in [0.15, 0.2) is 82.8 Å². The highest BCUT2D eigenvalue weighted by Gasteiger charge is 2.32. The summed E-state index contributed by atoms with van der Waals surface area (Å²) in [4.78, 5) is 12.4. The fourth-order valence-electron chi connectivity index (χ4n) is 3.06. The third-order valence-corrected chi connectivity index (χ3v) is 6.97. The van der Waals surface area contributed by atoms with E-state index in [1.165, 1.54) is 42.5 Å². The number of hydrogen-bond acceptors (Lipinski definition) is 4. The van der Waals surface area contributed by atoms with Crippen LogP contribution in [-0.2, 0) is 27.5 Å². The van der Waals surface area contributed by atoms with Crippen molar-refractivity contribution in [3.05, 3.63) is 99.5 Å². The lowest BCUT2D eigenvalue weighted by Crippen LogP contribution is -2.39. The fourth-order valence-corrected chi connectivity index (χ4v) is 4.78. The van der Waals surface area contributed by atoms with Crippen LogP contribution in [0.25, 0.3) is 0 Å². The predicted octanol–water partition coefficient (Wildman–Crippen LogP) is 5.35. The molecule has 0 unspecified atom stereocenters. The highest BCUT2D eigenvalue weighted by molar-refractivity contribution is 7.89. The van der Waals surface area contributed by atoms with E-state index in [0.717, 1.165) is 16.6 Å². The molecular weight excluding hydrogens is 526 g/mol. The first-order valence-corrected chi connectivity index (χ1v) is 12.1. The number of benzene rings is 3. The van der Waals surface area contributed by atoms with E-state index in [1.54, 1.807) is 24.3 Å². The molecule has 1 N–H and O–H groups in total. The zero-order valence-corrected chi connectivity index (χ0v) is 20.2. The number of carbonyl (C=O) groups is 1. The average Bonchev–Trinajstić information content (AvgIpc) is 2.78. The molecule has 0 aliphatic rings. The Hall–Kier alpha value is -2.92. The van der Waals surface area contributed by atoms with Gasteiger partial charge in [-0.3, -0.25) is 4.79 Å². The van der Waals surface area contributed by atoms with E-state index in [-0.39, 0.29) is 17.0 Å². The average molecular weight is 544 g/mol. The second-order valence-corrected chi connectivity index (χ2v) is 10.0. The van der Waals surface area contributed by atoms with Gasteiger partial charge in [-0.1, -0.05) is 53.5 Å². The first-order chi connectivity index (χ1) is 16.5. The number of rotatable bonds is 8. The molecule has 0 heterocycles. The molecule has 0 aromatic heterocycles. The SMILES string of the molecule is O=C(CN(Cc1cccc(Cl)c1)S(=O)(=O)c1ccc(Cl)cc1)N/N=C\c1ccccc1C(F)(F)F. The number of sulfonamides is 1. The van der Waals surface area contributed by atoms with E-state index in [2.05, 4.69) is 10.5 Å². The van der Waals surface area contributed by atoms with Crippen molar-refractivity contribution >= 4 is 45.3 Å². The Morgan fingerprint density at radius 1 is 0.971 bits per heavy atom. The third-order valence-electron chi connectivity index (χ3n) is 4.68. The molecule has 0 aliphatic carbocycles. The van der Waals surface area contributed by atoms with Crippen LogP contribution in [-0.4, -0.2) is 31.4 Å². The van der Waals surface area contributed by atoms with Crippen LogP contribution in [0, 0.1) is 0 Å². The van der Waals surface area contributed by atoms with Gasteiger partial charge in [0.05, 0.1) is 23.2 Å². The Labute approximate surface area is 210 Å². The van der Waals surface area contributed by atoms with Gasteiger partial charge in [0.25, 0.3) is 5.91 Å². The Balaban J connectivity index is 1.81. The lowest BCUT2D eigenvalue weighted by molar-refractivity contribution is -0.137. The summed E-state index contributed by atoms with van der Waals surface area (Å²) in [6, 6.07) is 16.5. The molecular formula is C23H18Cl2F3N3O3S. The Kier molecular flexibility index (Phi) is 8.55. The van der Waals surface area contributed by atoms with Crippen molar-refractivity contribution in [1.82, 2.24) is 9.73 Å². The van der Waals surface area contributed by atoms with Crippen LogP contribution < -0.4 is 5.43 Å². The molecule has 12 heteroatoms. The fraction of sp³-hybridized carbons (Fsp3) is 0.130. The van der Waals surface area contributed by atoms with Crippen LogP contribution in [0.1, 0.15) is 16.7 Å². The maximum atomic E-state index is 13.2. The zero-order valence-electron chi connectivity index (χ0n) is 17.8. The third kappa shape index (κ3) is 7.28. The van der Waals surface area contributed by atoms with Crippen LogP contribution in [0.3, 0.4) is 0 Å². The summed E-state index contributed by atoms with van der Waals surface area (Å²) in [5.74, 6) is -0.856. The molecule has 3 aromatic carbocycles. The Morgan fingerprint density at radius 2 is 1.66 bits per heavy atom. The minimum Gasteiger partial charge on any atom is -0.272 e. The molecule has 6 nitrogen and oxygen atoms in total. The molecule has 0 saturated carbocycles. The molecule has 35 heavy (non-hydrogen) atoms. The molecule has 1 amide bonds. The van der Waals surface area contributed by atoms with E-state index in [4.69, 9.17) is 23.2 Å². The molecule has 0 saturated heterocycles. The molecule has 3 rings (SSSR count). The largest absolute Gasteiger partial charge is 0.417 e. The number of nitrogens with zero attached hydrogens (tertiary/aromatic N) is 2. The van der Waals surface area contributed by atoms with Crippen molar-refractivity contribution in [3.8, 4) is 0 Å². The number of hydrazone groups is 1. The summed E-state index contributed by atoms with van der Waals surface area (Å²) in [7, 11) is -4.16. The van der Waals surface area contributed by atoms with Gasteiger partial charge in [0.1, 0.15) is 0 Å². The highest BCUT2D eigenvalue weighted by atomic mass is 35.5. The molecule has 3 aromatic rings. The van der Waals surface area contributed by atoms with Gasteiger partial charge >= 0.3 is 6.18 Å². The summed E-state index contributed by atoms with van der Waals surface area (Å²) < 4.78 is 66.7. The summed E-state index contributed by atoms with van der Waals surface area (Å²) >= 11 is 11.8. The number of hydrogen-bond donors (Lipinski definition) is 1. The van der Waals surface area contributed by atoms with Gasteiger partial charge in [-0.05, 0) is 48.0 Å². The Morgan fingerprint density at radius 3 is 2.31 bits per heavy atom. The lowest BCUT2D eigenvalue weighted by atomic mass is 10.1. The van der Waals surface area contributed by atoms with Gasteiger partial charge in [-0.2, -0.15) is 22.6 Å². The molecule has 0 spiro atoms. The molecule has 0 radical (unpaired) electrons. The van der Waals surface area contributed by atoms with Crippen LogP contribution in [0.5, 0.6) is 0 Å². The molecule has 0 atom stereocenters. The van der Waals surface area contributed by atoms with Crippen LogP contribution in [0.2, 0.25) is 10.0 Å². The number of nitrogens with one attached hydrogen (secondary N) is 1. The van der Waals surface area contributed by atoms with Crippen molar-refractivity contribution in [2.24, 2.45) is 5.10 Å². The Bertz CT molecular complexity index is 1330. The second kappa shape index (κ2) is 11.2. The molecule has 0 bridgehead atoms. The summed E-state index contributed by atoms with van der Waals surface area (Å²) in [5.41, 5.74) is 1.41. The van der Waals surface area contributed by atoms with Gasteiger partial charge in [0.2, 0.25) is 10.0 Å². The maximum absolute atomic E-state index is 13.2. The number of alkyl halides is 3. The summed E-state index contributed by atoms with van der Waals surface area (Å²) in [6.45, 7) is -0.852. The maximum Gasteiger partial charge on any atom is 0.417 e. The van der Waals surface area contributed by atoms with Gasteiger partial charge in [-0.25, -0.2) is 13.8 Å². The zero-order chi connectivity index (χ0) is 25.6. The van der Waals surface area contributed by atoms with Crippen LogP contribution in [0.4, 0.5) is 13.2 Å². The van der Waals surface area contributed by atoms with Gasteiger partial charge in [-0.15, -0.1) is 0 Å². The minimum absolute atomic E-state index is 0.0978. The monoisotopic (exact) mass is 543 g/mol. The first kappa shape index (κ1) is 26.7. The van der Waals surface area contributed by atoms with Crippen molar-refractivity contribution < 1.29 is 26.4 Å². The summed E-state index contributed by atoms with van der Waals surface area (Å²) in [6.07, 6.45) is -3.76. The van der Waals surface area contributed by atoms with Crippen LogP contribution >= 0.6 is 23.2 Å². The topological polar surface area (TPSA) is 78.8 Å².